The molecule has 90 valence electrons. The summed E-state index contributed by atoms with van der Waals surface area (Å²) in [6.45, 7) is 1.36. The van der Waals surface area contributed by atoms with Crippen molar-refractivity contribution in [3.05, 3.63) is 29.0 Å². The Morgan fingerprint density at radius 2 is 2.44 bits per heavy atom. The van der Waals surface area contributed by atoms with Gasteiger partial charge in [0.1, 0.15) is 0 Å². The highest BCUT2D eigenvalue weighted by Gasteiger charge is 2.08. The first kappa shape index (κ1) is 13.4. The maximum Gasteiger partial charge on any atom is 0.0634 e. The molecular formula is C11H17ClN2O2. The van der Waals surface area contributed by atoms with Crippen LogP contribution in [-0.4, -0.2) is 36.5 Å². The molecule has 0 saturated carbocycles. The zero-order valence-corrected chi connectivity index (χ0v) is 10.1. The van der Waals surface area contributed by atoms with Gasteiger partial charge in [0, 0.05) is 38.7 Å². The lowest BCUT2D eigenvalue weighted by atomic mass is 10.2. The molecule has 0 saturated heterocycles. The standard InChI is InChI=1S/C11H17ClN2O2/c1-16-8-10(3-5-15)14-6-9-2-4-13-7-11(9)12/h2,4,7,10,14-15H,3,5-6,8H2,1H3. The fourth-order valence-corrected chi connectivity index (χ4v) is 1.59. The van der Waals surface area contributed by atoms with Crippen LogP contribution in [0.25, 0.3) is 0 Å². The number of ether oxygens (including phenoxy) is 1. The summed E-state index contributed by atoms with van der Waals surface area (Å²) in [5.41, 5.74) is 0.996. The molecule has 0 aliphatic rings. The van der Waals surface area contributed by atoms with Crippen LogP contribution in [0.15, 0.2) is 18.5 Å². The lowest BCUT2D eigenvalue weighted by Crippen LogP contribution is -2.33. The third kappa shape index (κ3) is 4.45. The summed E-state index contributed by atoms with van der Waals surface area (Å²) in [6.07, 6.45) is 3.99. The molecule has 1 rings (SSSR count). The van der Waals surface area contributed by atoms with E-state index in [1.54, 1.807) is 19.5 Å². The molecule has 0 aliphatic heterocycles. The Labute approximate surface area is 101 Å². The average Bonchev–Trinajstić information content (AvgIpc) is 2.28. The number of nitrogens with zero attached hydrogens (tertiary/aromatic N) is 1. The molecule has 0 fully saturated rings. The molecule has 0 spiro atoms. The molecule has 2 N–H and O–H groups in total. The highest BCUT2D eigenvalue weighted by molar-refractivity contribution is 6.31. The summed E-state index contributed by atoms with van der Waals surface area (Å²) < 4.78 is 5.06. The van der Waals surface area contributed by atoms with E-state index >= 15 is 0 Å². The van der Waals surface area contributed by atoms with Gasteiger partial charge in [-0.15, -0.1) is 0 Å². The first-order chi connectivity index (χ1) is 7.77. The number of halogens is 1. The fraction of sp³-hybridized carbons (Fsp3) is 0.545. The van der Waals surface area contributed by atoms with Crippen LogP contribution in [0, 0.1) is 0 Å². The first-order valence-corrected chi connectivity index (χ1v) is 5.57. The quantitative estimate of drug-likeness (QED) is 0.758. The van der Waals surface area contributed by atoms with Crippen molar-refractivity contribution in [3.63, 3.8) is 0 Å². The molecule has 0 bridgehead atoms. The molecule has 16 heavy (non-hydrogen) atoms. The predicted octanol–water partition coefficient (Wildman–Crippen LogP) is 1.22. The van der Waals surface area contributed by atoms with Gasteiger partial charge in [-0.3, -0.25) is 4.98 Å². The molecule has 0 aromatic carbocycles. The van der Waals surface area contributed by atoms with Gasteiger partial charge in [-0.25, -0.2) is 0 Å². The van der Waals surface area contributed by atoms with E-state index in [9.17, 15) is 0 Å². The van der Waals surface area contributed by atoms with Crippen LogP contribution in [0.4, 0.5) is 0 Å². The highest BCUT2D eigenvalue weighted by Crippen LogP contribution is 2.13. The summed E-state index contributed by atoms with van der Waals surface area (Å²) in [5, 5.41) is 12.8. The molecule has 4 nitrogen and oxygen atoms in total. The van der Waals surface area contributed by atoms with E-state index in [-0.39, 0.29) is 12.6 Å². The number of nitrogens with one attached hydrogen (secondary N) is 1. The second-order valence-electron chi connectivity index (χ2n) is 3.51. The molecule has 0 radical (unpaired) electrons. The van der Waals surface area contributed by atoms with Crippen molar-refractivity contribution in [1.29, 1.82) is 0 Å². The van der Waals surface area contributed by atoms with Crippen LogP contribution in [0.2, 0.25) is 5.02 Å². The van der Waals surface area contributed by atoms with Crippen molar-refractivity contribution in [3.8, 4) is 0 Å². The molecular weight excluding hydrogens is 228 g/mol. The smallest absolute Gasteiger partial charge is 0.0634 e. The van der Waals surface area contributed by atoms with E-state index in [2.05, 4.69) is 10.3 Å². The first-order valence-electron chi connectivity index (χ1n) is 5.19. The Balaban J connectivity index is 2.45. The Hall–Kier alpha value is -0.680. The largest absolute Gasteiger partial charge is 0.396 e. The normalized spacial score (nSPS) is 12.7. The van der Waals surface area contributed by atoms with Gasteiger partial charge >= 0.3 is 0 Å². The van der Waals surface area contributed by atoms with Crippen molar-refractivity contribution in [2.45, 2.75) is 19.0 Å². The third-order valence-corrected chi connectivity index (χ3v) is 2.62. The second kappa shape index (κ2) is 7.57. The van der Waals surface area contributed by atoms with E-state index in [4.69, 9.17) is 21.4 Å². The van der Waals surface area contributed by atoms with Gasteiger partial charge in [0.25, 0.3) is 0 Å². The average molecular weight is 245 g/mol. The number of pyridine rings is 1. The van der Waals surface area contributed by atoms with Crippen LogP contribution in [0.5, 0.6) is 0 Å². The molecule has 0 aliphatic carbocycles. The fourth-order valence-electron chi connectivity index (χ4n) is 1.40. The summed E-state index contributed by atoms with van der Waals surface area (Å²) >= 11 is 5.98. The summed E-state index contributed by atoms with van der Waals surface area (Å²) in [5.74, 6) is 0. The van der Waals surface area contributed by atoms with Gasteiger partial charge in [0.05, 0.1) is 11.6 Å². The maximum atomic E-state index is 8.88. The Morgan fingerprint density at radius 3 is 3.06 bits per heavy atom. The second-order valence-corrected chi connectivity index (χ2v) is 3.92. The van der Waals surface area contributed by atoms with Crippen molar-refractivity contribution in [2.75, 3.05) is 20.3 Å². The monoisotopic (exact) mass is 244 g/mol. The molecule has 5 heteroatoms. The Kier molecular flexibility index (Phi) is 6.33. The SMILES string of the molecule is COCC(CCO)NCc1ccncc1Cl. The summed E-state index contributed by atoms with van der Waals surface area (Å²) in [4.78, 5) is 3.92. The minimum atomic E-state index is 0.138. The number of hydrogen-bond acceptors (Lipinski definition) is 4. The van der Waals surface area contributed by atoms with Crippen LogP contribution in [-0.2, 0) is 11.3 Å². The van der Waals surface area contributed by atoms with Crippen molar-refractivity contribution >= 4 is 11.6 Å². The van der Waals surface area contributed by atoms with Gasteiger partial charge in [-0.05, 0) is 18.1 Å². The maximum absolute atomic E-state index is 8.88. The predicted molar refractivity (Wildman–Crippen MR) is 63.5 cm³/mol. The van der Waals surface area contributed by atoms with E-state index < -0.39 is 0 Å². The lowest BCUT2D eigenvalue weighted by molar-refractivity contribution is 0.148. The molecule has 1 atom stereocenters. The van der Waals surface area contributed by atoms with E-state index in [1.807, 2.05) is 6.07 Å². The molecule has 1 heterocycles. The van der Waals surface area contributed by atoms with Gasteiger partial charge in [-0.1, -0.05) is 11.6 Å². The summed E-state index contributed by atoms with van der Waals surface area (Å²) in [7, 11) is 1.64. The molecule has 1 aromatic heterocycles. The van der Waals surface area contributed by atoms with Crippen molar-refractivity contribution in [1.82, 2.24) is 10.3 Å². The Morgan fingerprint density at radius 1 is 1.62 bits per heavy atom. The number of rotatable bonds is 7. The van der Waals surface area contributed by atoms with Crippen LogP contribution >= 0.6 is 11.6 Å². The molecule has 1 aromatic rings. The number of methoxy groups -OCH3 is 1. The molecule has 0 amide bonds. The van der Waals surface area contributed by atoms with Crippen molar-refractivity contribution < 1.29 is 9.84 Å². The van der Waals surface area contributed by atoms with Crippen LogP contribution in [0.3, 0.4) is 0 Å². The van der Waals surface area contributed by atoms with E-state index in [0.717, 1.165) is 5.56 Å². The number of hydrogen-bond donors (Lipinski definition) is 2. The minimum Gasteiger partial charge on any atom is -0.396 e. The number of aliphatic hydroxyl groups is 1. The summed E-state index contributed by atoms with van der Waals surface area (Å²) in [6, 6.07) is 2.01. The third-order valence-electron chi connectivity index (χ3n) is 2.28. The molecule has 1 unspecified atom stereocenters. The van der Waals surface area contributed by atoms with Crippen molar-refractivity contribution in [2.24, 2.45) is 0 Å². The van der Waals surface area contributed by atoms with Gasteiger partial charge < -0.3 is 15.2 Å². The van der Waals surface area contributed by atoms with Gasteiger partial charge in [-0.2, -0.15) is 0 Å². The van der Waals surface area contributed by atoms with E-state index in [1.165, 1.54) is 0 Å². The van der Waals surface area contributed by atoms with E-state index in [0.29, 0.717) is 24.6 Å². The minimum absolute atomic E-state index is 0.138. The van der Waals surface area contributed by atoms with Gasteiger partial charge in [0.2, 0.25) is 0 Å². The van der Waals surface area contributed by atoms with Gasteiger partial charge in [0.15, 0.2) is 0 Å². The van der Waals surface area contributed by atoms with Crippen LogP contribution in [0.1, 0.15) is 12.0 Å². The zero-order chi connectivity index (χ0) is 11.8. The topological polar surface area (TPSA) is 54.4 Å². The number of aliphatic hydroxyl groups excluding tert-OH is 1. The Bertz CT molecular complexity index is 304. The lowest BCUT2D eigenvalue weighted by Gasteiger charge is -2.17. The highest BCUT2D eigenvalue weighted by atomic mass is 35.5. The van der Waals surface area contributed by atoms with Crippen LogP contribution < -0.4 is 5.32 Å². The zero-order valence-electron chi connectivity index (χ0n) is 9.32. The number of aromatic nitrogens is 1.